The molecule has 0 saturated carbocycles. The second kappa shape index (κ2) is 5.50. The molecule has 1 aliphatic heterocycles. The SMILES string of the molecule is CCN1CCCC[C@H]1c1cnc(OC)cc1C. The Hall–Kier alpha value is -1.09. The molecular weight excluding hydrogens is 212 g/mol. The molecule has 0 amide bonds. The molecule has 1 fully saturated rings. The Morgan fingerprint density at radius 1 is 1.47 bits per heavy atom. The first kappa shape index (κ1) is 12.4. The van der Waals surface area contributed by atoms with E-state index in [1.165, 1.54) is 36.9 Å². The summed E-state index contributed by atoms with van der Waals surface area (Å²) in [6, 6.07) is 2.59. The Bertz CT molecular complexity index is 378. The van der Waals surface area contributed by atoms with E-state index in [9.17, 15) is 0 Å². The highest BCUT2D eigenvalue weighted by molar-refractivity contribution is 5.31. The Labute approximate surface area is 104 Å². The molecule has 0 N–H and O–H groups in total. The maximum Gasteiger partial charge on any atom is 0.213 e. The van der Waals surface area contributed by atoms with Gasteiger partial charge < -0.3 is 4.74 Å². The van der Waals surface area contributed by atoms with E-state index in [-0.39, 0.29) is 0 Å². The van der Waals surface area contributed by atoms with Crippen molar-refractivity contribution >= 4 is 0 Å². The van der Waals surface area contributed by atoms with Crippen LogP contribution in [0.2, 0.25) is 0 Å². The molecule has 0 unspecified atom stereocenters. The van der Waals surface area contributed by atoms with Crippen molar-refractivity contribution in [3.8, 4) is 5.88 Å². The molecular formula is C14H22N2O. The van der Waals surface area contributed by atoms with Crippen LogP contribution in [0.15, 0.2) is 12.3 Å². The van der Waals surface area contributed by atoms with E-state index >= 15 is 0 Å². The van der Waals surface area contributed by atoms with Gasteiger partial charge >= 0.3 is 0 Å². The maximum absolute atomic E-state index is 5.17. The molecule has 0 spiro atoms. The van der Waals surface area contributed by atoms with E-state index in [1.54, 1.807) is 7.11 Å². The number of aromatic nitrogens is 1. The lowest BCUT2D eigenvalue weighted by Crippen LogP contribution is -2.33. The van der Waals surface area contributed by atoms with E-state index in [2.05, 4.69) is 23.7 Å². The summed E-state index contributed by atoms with van der Waals surface area (Å²) >= 11 is 0. The average Bonchev–Trinajstić information content (AvgIpc) is 2.38. The van der Waals surface area contributed by atoms with Crippen LogP contribution < -0.4 is 4.74 Å². The van der Waals surface area contributed by atoms with Gasteiger partial charge in [-0.25, -0.2) is 4.98 Å². The minimum Gasteiger partial charge on any atom is -0.481 e. The second-order valence-corrected chi connectivity index (χ2v) is 4.72. The van der Waals surface area contributed by atoms with Crippen LogP contribution in [0.1, 0.15) is 43.4 Å². The highest BCUT2D eigenvalue weighted by atomic mass is 16.5. The molecule has 1 aromatic rings. The van der Waals surface area contributed by atoms with Gasteiger partial charge in [0.1, 0.15) is 0 Å². The number of methoxy groups -OCH3 is 1. The average molecular weight is 234 g/mol. The molecule has 1 aromatic heterocycles. The van der Waals surface area contributed by atoms with Crippen molar-refractivity contribution in [1.29, 1.82) is 0 Å². The molecule has 0 bridgehead atoms. The lowest BCUT2D eigenvalue weighted by atomic mass is 9.94. The first-order valence-electron chi connectivity index (χ1n) is 6.50. The van der Waals surface area contributed by atoms with Gasteiger partial charge in [0, 0.05) is 18.3 Å². The monoisotopic (exact) mass is 234 g/mol. The minimum absolute atomic E-state index is 0.548. The van der Waals surface area contributed by atoms with Crippen molar-refractivity contribution in [3.05, 3.63) is 23.4 Å². The molecule has 2 heterocycles. The van der Waals surface area contributed by atoms with Crippen LogP contribution in [0.4, 0.5) is 0 Å². The van der Waals surface area contributed by atoms with Gasteiger partial charge in [0.2, 0.25) is 5.88 Å². The minimum atomic E-state index is 0.548. The zero-order chi connectivity index (χ0) is 12.3. The van der Waals surface area contributed by atoms with Gasteiger partial charge in [0.15, 0.2) is 0 Å². The fraction of sp³-hybridized carbons (Fsp3) is 0.643. The number of likely N-dealkylation sites (tertiary alicyclic amines) is 1. The first-order valence-corrected chi connectivity index (χ1v) is 6.50. The molecule has 1 atom stereocenters. The van der Waals surface area contributed by atoms with E-state index in [0.29, 0.717) is 11.9 Å². The summed E-state index contributed by atoms with van der Waals surface area (Å²) in [5.41, 5.74) is 2.66. The fourth-order valence-electron chi connectivity index (χ4n) is 2.72. The molecule has 0 aliphatic carbocycles. The predicted molar refractivity (Wildman–Crippen MR) is 69.4 cm³/mol. The third-order valence-corrected chi connectivity index (χ3v) is 3.71. The Morgan fingerprint density at radius 2 is 2.29 bits per heavy atom. The lowest BCUT2D eigenvalue weighted by molar-refractivity contribution is 0.156. The Kier molecular flexibility index (Phi) is 4.00. The third-order valence-electron chi connectivity index (χ3n) is 3.71. The van der Waals surface area contributed by atoms with Crippen molar-refractivity contribution in [1.82, 2.24) is 9.88 Å². The highest BCUT2D eigenvalue weighted by Crippen LogP contribution is 2.32. The largest absolute Gasteiger partial charge is 0.481 e. The van der Waals surface area contributed by atoms with Crippen LogP contribution in [-0.4, -0.2) is 30.1 Å². The van der Waals surface area contributed by atoms with Crippen molar-refractivity contribution in [2.75, 3.05) is 20.2 Å². The van der Waals surface area contributed by atoms with Gasteiger partial charge in [-0.15, -0.1) is 0 Å². The number of piperidine rings is 1. The number of pyridine rings is 1. The fourth-order valence-corrected chi connectivity index (χ4v) is 2.72. The summed E-state index contributed by atoms with van der Waals surface area (Å²) in [6.07, 6.45) is 5.90. The van der Waals surface area contributed by atoms with Gasteiger partial charge in [-0.1, -0.05) is 13.3 Å². The molecule has 3 heteroatoms. The predicted octanol–water partition coefficient (Wildman–Crippen LogP) is 2.95. The van der Waals surface area contributed by atoms with Gasteiger partial charge in [-0.2, -0.15) is 0 Å². The normalized spacial score (nSPS) is 21.5. The summed E-state index contributed by atoms with van der Waals surface area (Å²) < 4.78 is 5.17. The van der Waals surface area contributed by atoms with Crippen LogP contribution >= 0.6 is 0 Å². The molecule has 2 rings (SSSR count). The van der Waals surface area contributed by atoms with E-state index in [0.717, 1.165) is 6.54 Å². The molecule has 1 aliphatic rings. The highest BCUT2D eigenvalue weighted by Gasteiger charge is 2.24. The third kappa shape index (κ3) is 2.60. The number of nitrogens with zero attached hydrogens (tertiary/aromatic N) is 2. The molecule has 1 saturated heterocycles. The second-order valence-electron chi connectivity index (χ2n) is 4.72. The summed E-state index contributed by atoms with van der Waals surface area (Å²) in [5.74, 6) is 0.713. The molecule has 0 aromatic carbocycles. The quantitative estimate of drug-likeness (QED) is 0.804. The number of rotatable bonds is 3. The Balaban J connectivity index is 2.25. The van der Waals surface area contributed by atoms with Gasteiger partial charge in [-0.05, 0) is 44.0 Å². The van der Waals surface area contributed by atoms with Crippen molar-refractivity contribution in [2.24, 2.45) is 0 Å². The van der Waals surface area contributed by atoms with E-state index in [1.807, 2.05) is 12.3 Å². The summed E-state index contributed by atoms with van der Waals surface area (Å²) in [4.78, 5) is 6.91. The van der Waals surface area contributed by atoms with Crippen LogP contribution in [0, 0.1) is 6.92 Å². The van der Waals surface area contributed by atoms with Crippen molar-refractivity contribution in [3.63, 3.8) is 0 Å². The van der Waals surface area contributed by atoms with Gasteiger partial charge in [0.05, 0.1) is 7.11 Å². The van der Waals surface area contributed by atoms with Crippen LogP contribution in [-0.2, 0) is 0 Å². The maximum atomic E-state index is 5.17. The van der Waals surface area contributed by atoms with Crippen LogP contribution in [0.5, 0.6) is 5.88 Å². The number of aryl methyl sites for hydroxylation is 1. The molecule has 0 radical (unpaired) electrons. The van der Waals surface area contributed by atoms with Crippen molar-refractivity contribution in [2.45, 2.75) is 39.2 Å². The first-order chi connectivity index (χ1) is 8.26. The summed E-state index contributed by atoms with van der Waals surface area (Å²) in [6.45, 7) is 6.73. The van der Waals surface area contributed by atoms with Crippen LogP contribution in [0.3, 0.4) is 0 Å². The summed E-state index contributed by atoms with van der Waals surface area (Å²) in [7, 11) is 1.67. The standard InChI is InChI=1S/C14H22N2O/c1-4-16-8-6-5-7-13(16)12-10-15-14(17-3)9-11(12)2/h9-10,13H,4-8H2,1-3H3/t13-/m0/s1. The van der Waals surface area contributed by atoms with E-state index in [4.69, 9.17) is 4.74 Å². The summed E-state index contributed by atoms with van der Waals surface area (Å²) in [5, 5.41) is 0. The molecule has 3 nitrogen and oxygen atoms in total. The van der Waals surface area contributed by atoms with Gasteiger partial charge in [-0.3, -0.25) is 4.90 Å². The zero-order valence-electron chi connectivity index (χ0n) is 11.1. The number of hydrogen-bond acceptors (Lipinski definition) is 3. The topological polar surface area (TPSA) is 25.4 Å². The van der Waals surface area contributed by atoms with E-state index < -0.39 is 0 Å². The molecule has 17 heavy (non-hydrogen) atoms. The Morgan fingerprint density at radius 3 is 2.94 bits per heavy atom. The smallest absolute Gasteiger partial charge is 0.213 e. The van der Waals surface area contributed by atoms with Crippen LogP contribution in [0.25, 0.3) is 0 Å². The number of ether oxygens (including phenoxy) is 1. The zero-order valence-corrected chi connectivity index (χ0v) is 11.1. The molecule has 94 valence electrons. The van der Waals surface area contributed by atoms with Crippen molar-refractivity contribution < 1.29 is 4.74 Å². The lowest BCUT2D eigenvalue weighted by Gasteiger charge is -2.35. The van der Waals surface area contributed by atoms with Gasteiger partial charge in [0.25, 0.3) is 0 Å². The number of hydrogen-bond donors (Lipinski definition) is 0.